The van der Waals surface area contributed by atoms with Crippen molar-refractivity contribution < 1.29 is 4.74 Å². The monoisotopic (exact) mass is 488 g/mol. The van der Waals surface area contributed by atoms with Gasteiger partial charge in [-0.1, -0.05) is 6.07 Å². The number of anilines is 2. The Balaban J connectivity index is 1.28. The maximum atomic E-state index is 5.69. The minimum atomic E-state index is 0.246. The van der Waals surface area contributed by atoms with Crippen molar-refractivity contribution in [1.29, 1.82) is 0 Å². The molecule has 2 aliphatic heterocycles. The summed E-state index contributed by atoms with van der Waals surface area (Å²) in [6.45, 7) is 6.13. The van der Waals surface area contributed by atoms with Crippen LogP contribution in [0.1, 0.15) is 29.3 Å². The number of nitrogen functional groups attached to an aromatic ring is 1. The van der Waals surface area contributed by atoms with Crippen LogP contribution in [0.4, 0.5) is 11.8 Å². The van der Waals surface area contributed by atoms with Crippen molar-refractivity contribution >= 4 is 33.3 Å². The fourth-order valence-corrected chi connectivity index (χ4v) is 6.09. The number of hydrogen-bond donors (Lipinski definition) is 1. The van der Waals surface area contributed by atoms with E-state index in [9.17, 15) is 0 Å². The van der Waals surface area contributed by atoms with Gasteiger partial charge in [-0.15, -0.1) is 11.3 Å². The highest BCUT2D eigenvalue weighted by molar-refractivity contribution is 7.19. The lowest BCUT2D eigenvalue weighted by atomic mass is 9.95. The average Bonchev–Trinajstić information content (AvgIpc) is 3.34. The number of fused-ring (bicyclic) bond motifs is 1. The molecule has 0 spiro atoms. The van der Waals surface area contributed by atoms with Crippen LogP contribution in [0.25, 0.3) is 21.6 Å². The zero-order chi connectivity index (χ0) is 23.6. The summed E-state index contributed by atoms with van der Waals surface area (Å²) in [6, 6.07) is 8.40. The number of aromatic nitrogens is 5. The van der Waals surface area contributed by atoms with E-state index in [1.807, 2.05) is 23.6 Å². The number of hydrogen-bond acceptors (Lipinski definition) is 10. The lowest BCUT2D eigenvalue weighted by Gasteiger charge is -2.31. The van der Waals surface area contributed by atoms with Crippen LogP contribution in [0.5, 0.6) is 0 Å². The average molecular weight is 489 g/mol. The van der Waals surface area contributed by atoms with Crippen molar-refractivity contribution in [2.75, 3.05) is 50.0 Å². The van der Waals surface area contributed by atoms with E-state index < -0.39 is 0 Å². The van der Waals surface area contributed by atoms with Gasteiger partial charge in [0.05, 0.1) is 34.7 Å². The van der Waals surface area contributed by atoms with Crippen molar-refractivity contribution in [2.45, 2.75) is 25.3 Å². The first-order chi connectivity index (χ1) is 17.2. The topological polar surface area (TPSA) is 106 Å². The van der Waals surface area contributed by atoms with E-state index >= 15 is 0 Å². The standard InChI is InChI=1S/C25H28N8OS/c26-25-28-14-18(15-29-25)23-30-20-13-21(35-22(20)24(31-23)33-9-11-34-12-10-33)17-4-7-32(8-5-17)16-19-3-1-2-6-27-19/h1-3,6,13-15,17H,4-5,7-12,16H2,(H2,26,28,29). The van der Waals surface area contributed by atoms with Gasteiger partial charge in [-0.3, -0.25) is 9.88 Å². The number of likely N-dealkylation sites (tertiary alicyclic amines) is 1. The normalized spacial score (nSPS) is 17.8. The Morgan fingerprint density at radius 3 is 2.54 bits per heavy atom. The second-order valence-corrected chi connectivity index (χ2v) is 10.1. The first-order valence-corrected chi connectivity index (χ1v) is 12.9. The molecule has 180 valence electrons. The molecule has 35 heavy (non-hydrogen) atoms. The third kappa shape index (κ3) is 4.82. The summed E-state index contributed by atoms with van der Waals surface area (Å²) in [5.74, 6) is 2.40. The first-order valence-electron chi connectivity index (χ1n) is 12.1. The Hall–Kier alpha value is -3.21. The SMILES string of the molecule is Nc1ncc(-c2nc(N3CCOCC3)c3sc(C4CCN(Cc5ccccn5)CC4)cc3n2)cn1. The Labute approximate surface area is 208 Å². The van der Waals surface area contributed by atoms with Crippen LogP contribution in [0.15, 0.2) is 42.9 Å². The van der Waals surface area contributed by atoms with Gasteiger partial charge in [-0.2, -0.15) is 0 Å². The molecule has 2 aliphatic rings. The molecule has 4 aromatic heterocycles. The highest BCUT2D eigenvalue weighted by Gasteiger charge is 2.25. The molecule has 0 saturated carbocycles. The molecule has 0 bridgehead atoms. The van der Waals surface area contributed by atoms with Gasteiger partial charge in [0.25, 0.3) is 0 Å². The minimum Gasteiger partial charge on any atom is -0.378 e. The number of rotatable bonds is 5. The molecule has 0 amide bonds. The van der Waals surface area contributed by atoms with Gasteiger partial charge in [-0.25, -0.2) is 19.9 Å². The number of nitrogens with two attached hydrogens (primary N) is 1. The number of nitrogens with zero attached hydrogens (tertiary/aromatic N) is 7. The second-order valence-electron chi connectivity index (χ2n) is 9.03. The lowest BCUT2D eigenvalue weighted by molar-refractivity contribution is 0.122. The van der Waals surface area contributed by atoms with E-state index in [0.29, 0.717) is 25.0 Å². The zero-order valence-corrected chi connectivity index (χ0v) is 20.3. The van der Waals surface area contributed by atoms with Gasteiger partial charge >= 0.3 is 0 Å². The van der Waals surface area contributed by atoms with Crippen LogP contribution in [-0.2, 0) is 11.3 Å². The Morgan fingerprint density at radius 1 is 1.00 bits per heavy atom. The lowest BCUT2D eigenvalue weighted by Crippen LogP contribution is -2.36. The van der Waals surface area contributed by atoms with Gasteiger partial charge in [0.1, 0.15) is 0 Å². The van der Waals surface area contributed by atoms with E-state index in [-0.39, 0.29) is 5.95 Å². The summed E-state index contributed by atoms with van der Waals surface area (Å²) in [6.07, 6.45) is 7.53. The van der Waals surface area contributed by atoms with Crippen LogP contribution in [-0.4, -0.2) is 69.2 Å². The molecule has 6 heterocycles. The Morgan fingerprint density at radius 2 is 1.80 bits per heavy atom. The summed E-state index contributed by atoms with van der Waals surface area (Å²) in [5, 5.41) is 0. The van der Waals surface area contributed by atoms with Crippen LogP contribution in [0.3, 0.4) is 0 Å². The molecule has 4 aromatic rings. The Kier molecular flexibility index (Phi) is 6.24. The maximum absolute atomic E-state index is 5.69. The van der Waals surface area contributed by atoms with Crippen LogP contribution in [0.2, 0.25) is 0 Å². The van der Waals surface area contributed by atoms with Crippen molar-refractivity contribution in [1.82, 2.24) is 29.8 Å². The number of thiophene rings is 1. The molecule has 0 unspecified atom stereocenters. The van der Waals surface area contributed by atoms with Crippen molar-refractivity contribution in [3.8, 4) is 11.4 Å². The van der Waals surface area contributed by atoms with E-state index in [0.717, 1.165) is 72.9 Å². The largest absolute Gasteiger partial charge is 0.378 e. The third-order valence-corrected chi connectivity index (χ3v) is 8.00. The molecule has 0 aromatic carbocycles. The molecule has 2 fully saturated rings. The van der Waals surface area contributed by atoms with Gasteiger partial charge in [-0.05, 0) is 50.0 Å². The highest BCUT2D eigenvalue weighted by atomic mass is 32.1. The van der Waals surface area contributed by atoms with E-state index in [1.54, 1.807) is 12.4 Å². The van der Waals surface area contributed by atoms with Gasteiger partial charge < -0.3 is 15.4 Å². The third-order valence-electron chi connectivity index (χ3n) is 6.72. The number of piperidine rings is 1. The van der Waals surface area contributed by atoms with Gasteiger partial charge in [0.2, 0.25) is 5.95 Å². The summed E-state index contributed by atoms with van der Waals surface area (Å²) in [7, 11) is 0. The summed E-state index contributed by atoms with van der Waals surface area (Å²) >= 11 is 1.85. The zero-order valence-electron chi connectivity index (χ0n) is 19.5. The second kappa shape index (κ2) is 9.80. The smallest absolute Gasteiger partial charge is 0.219 e. The molecular weight excluding hydrogens is 460 g/mol. The van der Waals surface area contributed by atoms with Crippen LogP contribution < -0.4 is 10.6 Å². The van der Waals surface area contributed by atoms with Crippen LogP contribution in [0, 0.1) is 0 Å². The molecule has 0 atom stereocenters. The molecule has 6 rings (SSSR count). The molecule has 10 heteroatoms. The van der Waals surface area contributed by atoms with Crippen molar-refractivity contribution in [3.63, 3.8) is 0 Å². The van der Waals surface area contributed by atoms with E-state index in [4.69, 9.17) is 20.4 Å². The molecule has 2 saturated heterocycles. The predicted octanol–water partition coefficient (Wildman–Crippen LogP) is 3.34. The molecule has 0 radical (unpaired) electrons. The van der Waals surface area contributed by atoms with E-state index in [1.165, 1.54) is 4.88 Å². The predicted molar refractivity (Wildman–Crippen MR) is 137 cm³/mol. The number of ether oxygens (including phenoxy) is 1. The van der Waals surface area contributed by atoms with Crippen molar-refractivity contribution in [2.24, 2.45) is 0 Å². The first kappa shape index (κ1) is 22.3. The quantitative estimate of drug-likeness (QED) is 0.453. The van der Waals surface area contributed by atoms with E-state index in [2.05, 4.69) is 43.0 Å². The van der Waals surface area contributed by atoms with Crippen molar-refractivity contribution in [3.05, 3.63) is 53.4 Å². The summed E-state index contributed by atoms with van der Waals surface area (Å²) in [5.41, 5.74) is 8.59. The molecule has 2 N–H and O–H groups in total. The number of pyridine rings is 1. The molecule has 0 aliphatic carbocycles. The number of morpholine rings is 1. The van der Waals surface area contributed by atoms with Gasteiger partial charge in [0.15, 0.2) is 11.6 Å². The summed E-state index contributed by atoms with van der Waals surface area (Å²) in [4.78, 5) is 28.9. The molecular formula is C25H28N8OS. The minimum absolute atomic E-state index is 0.246. The molecule has 9 nitrogen and oxygen atoms in total. The van der Waals surface area contributed by atoms with Gasteiger partial charge in [0, 0.05) is 43.1 Å². The fraction of sp³-hybridized carbons (Fsp3) is 0.400. The maximum Gasteiger partial charge on any atom is 0.219 e. The fourth-order valence-electron chi connectivity index (χ4n) is 4.80. The van der Waals surface area contributed by atoms with Crippen LogP contribution >= 0.6 is 11.3 Å². The Bertz CT molecular complexity index is 1280. The summed E-state index contributed by atoms with van der Waals surface area (Å²) < 4.78 is 6.74. The highest BCUT2D eigenvalue weighted by Crippen LogP contribution is 2.40.